The van der Waals surface area contributed by atoms with Crippen molar-refractivity contribution >= 4 is 17.7 Å². The van der Waals surface area contributed by atoms with Crippen LogP contribution in [-0.2, 0) is 4.79 Å². The summed E-state index contributed by atoms with van der Waals surface area (Å²) in [5, 5.41) is -0.0790. The van der Waals surface area contributed by atoms with Gasteiger partial charge in [-0.3, -0.25) is 4.79 Å². The lowest BCUT2D eigenvalue weighted by Crippen LogP contribution is -2.32. The maximum absolute atomic E-state index is 13.8. The molecule has 0 saturated carbocycles. The molecule has 0 N–H and O–H groups in total. The van der Waals surface area contributed by atoms with Crippen molar-refractivity contribution in [1.82, 2.24) is 4.90 Å². The van der Waals surface area contributed by atoms with Crippen molar-refractivity contribution in [3.05, 3.63) is 35.4 Å². The molecule has 2 nitrogen and oxygen atoms in total. The molecule has 1 aliphatic rings. The first-order valence-electron chi connectivity index (χ1n) is 7.46. The first kappa shape index (κ1) is 16.3. The number of hydrogen-bond acceptors (Lipinski definition) is 2. The molecule has 1 aromatic carbocycles. The molecule has 0 aromatic heterocycles. The number of nitrogens with zero attached hydrogens (tertiary/aromatic N) is 1. The molecule has 1 amide bonds. The predicted molar refractivity (Wildman–Crippen MR) is 82.3 cm³/mol. The van der Waals surface area contributed by atoms with E-state index in [0.717, 1.165) is 24.7 Å². The van der Waals surface area contributed by atoms with Crippen LogP contribution in [0.4, 0.5) is 8.78 Å². The third kappa shape index (κ3) is 4.43. The molecule has 1 atom stereocenters. The molecule has 0 spiro atoms. The zero-order chi connectivity index (χ0) is 15.2. The van der Waals surface area contributed by atoms with Crippen LogP contribution in [0.2, 0.25) is 0 Å². The van der Waals surface area contributed by atoms with E-state index in [1.165, 1.54) is 12.1 Å². The molecular formula is C16H21F2NOS. The Balaban J connectivity index is 2.00. The normalized spacial score (nSPS) is 19.4. The second kappa shape index (κ2) is 7.78. The molecule has 1 fully saturated rings. The van der Waals surface area contributed by atoms with Gasteiger partial charge in [0.05, 0.1) is 0 Å². The first-order valence-corrected chi connectivity index (χ1v) is 8.51. The largest absolute Gasteiger partial charge is 0.342 e. The van der Waals surface area contributed by atoms with Crippen molar-refractivity contribution in [1.29, 1.82) is 0 Å². The standard InChI is InChI=1S/C16H21F2NOS/c1-2-3-4-16(20)19-8-7-15(21-10-9-19)13-11-12(17)5-6-14(13)18/h5-6,11,15H,2-4,7-10H2,1H3. The molecule has 0 radical (unpaired) electrons. The van der Waals surface area contributed by atoms with Crippen LogP contribution in [0.15, 0.2) is 18.2 Å². The molecule has 5 heteroatoms. The molecule has 2 rings (SSSR count). The summed E-state index contributed by atoms with van der Waals surface area (Å²) in [6, 6.07) is 3.60. The Morgan fingerprint density at radius 1 is 1.38 bits per heavy atom. The first-order chi connectivity index (χ1) is 10.1. The SMILES string of the molecule is CCCCC(=O)N1CCSC(c2cc(F)ccc2F)CC1. The summed E-state index contributed by atoms with van der Waals surface area (Å²) in [4.78, 5) is 13.9. The minimum atomic E-state index is -0.410. The lowest BCUT2D eigenvalue weighted by molar-refractivity contribution is -0.131. The maximum Gasteiger partial charge on any atom is 0.222 e. The van der Waals surface area contributed by atoms with Crippen LogP contribution in [0.25, 0.3) is 0 Å². The Kier molecular flexibility index (Phi) is 6.03. The lowest BCUT2D eigenvalue weighted by Gasteiger charge is -2.20. The van der Waals surface area contributed by atoms with Crippen LogP contribution in [-0.4, -0.2) is 29.6 Å². The van der Waals surface area contributed by atoms with Crippen molar-refractivity contribution in [2.75, 3.05) is 18.8 Å². The third-order valence-corrected chi connectivity index (χ3v) is 5.05. The summed E-state index contributed by atoms with van der Waals surface area (Å²) in [7, 11) is 0. The van der Waals surface area contributed by atoms with Crippen LogP contribution >= 0.6 is 11.8 Å². The second-order valence-corrected chi connectivity index (χ2v) is 6.61. The maximum atomic E-state index is 13.8. The van der Waals surface area contributed by atoms with Gasteiger partial charge in [-0.1, -0.05) is 13.3 Å². The summed E-state index contributed by atoms with van der Waals surface area (Å²) in [6.45, 7) is 3.38. The van der Waals surface area contributed by atoms with Crippen LogP contribution in [0.1, 0.15) is 43.4 Å². The van der Waals surface area contributed by atoms with Gasteiger partial charge in [0.1, 0.15) is 11.6 Å². The Labute approximate surface area is 128 Å². The highest BCUT2D eigenvalue weighted by atomic mass is 32.2. The fourth-order valence-corrected chi connectivity index (χ4v) is 3.76. The number of unbranched alkanes of at least 4 members (excludes halogenated alkanes) is 1. The zero-order valence-electron chi connectivity index (χ0n) is 12.3. The van der Waals surface area contributed by atoms with E-state index in [0.29, 0.717) is 31.5 Å². The number of halogens is 2. The number of thioether (sulfide) groups is 1. The number of amides is 1. The van der Waals surface area contributed by atoms with Crippen LogP contribution in [0, 0.1) is 11.6 Å². The van der Waals surface area contributed by atoms with Crippen LogP contribution < -0.4 is 0 Å². The zero-order valence-corrected chi connectivity index (χ0v) is 13.1. The van der Waals surface area contributed by atoms with E-state index in [9.17, 15) is 13.6 Å². The lowest BCUT2D eigenvalue weighted by atomic mass is 10.1. The minimum Gasteiger partial charge on any atom is -0.342 e. The summed E-state index contributed by atoms with van der Waals surface area (Å²) >= 11 is 1.60. The van der Waals surface area contributed by atoms with E-state index in [1.807, 2.05) is 4.90 Å². The molecule has 1 heterocycles. The Morgan fingerprint density at radius 3 is 2.95 bits per heavy atom. The summed E-state index contributed by atoms with van der Waals surface area (Å²) in [5.74, 6) is 0.169. The number of carbonyl (C=O) groups is 1. The van der Waals surface area contributed by atoms with Gasteiger partial charge in [-0.05, 0) is 31.0 Å². The van der Waals surface area contributed by atoms with Gasteiger partial charge in [-0.15, -0.1) is 0 Å². The summed E-state index contributed by atoms with van der Waals surface area (Å²) < 4.78 is 27.2. The van der Waals surface area contributed by atoms with Crippen LogP contribution in [0.3, 0.4) is 0 Å². The van der Waals surface area contributed by atoms with Crippen molar-refractivity contribution in [2.45, 2.75) is 37.9 Å². The van der Waals surface area contributed by atoms with Gasteiger partial charge < -0.3 is 4.90 Å². The predicted octanol–water partition coefficient (Wildman–Crippen LogP) is 4.16. The molecule has 1 aromatic rings. The highest BCUT2D eigenvalue weighted by Gasteiger charge is 2.23. The Bertz CT molecular complexity index is 495. The average molecular weight is 313 g/mol. The van der Waals surface area contributed by atoms with E-state index in [2.05, 4.69) is 6.92 Å². The van der Waals surface area contributed by atoms with E-state index >= 15 is 0 Å². The van der Waals surface area contributed by atoms with Gasteiger partial charge in [0.25, 0.3) is 0 Å². The van der Waals surface area contributed by atoms with Crippen molar-refractivity contribution < 1.29 is 13.6 Å². The highest BCUT2D eigenvalue weighted by molar-refractivity contribution is 7.99. The number of benzene rings is 1. The number of rotatable bonds is 4. The third-order valence-electron chi connectivity index (χ3n) is 3.74. The van der Waals surface area contributed by atoms with Crippen LogP contribution in [0.5, 0.6) is 0 Å². The van der Waals surface area contributed by atoms with Gasteiger partial charge in [0.2, 0.25) is 5.91 Å². The Morgan fingerprint density at radius 2 is 2.19 bits per heavy atom. The van der Waals surface area contributed by atoms with Crippen molar-refractivity contribution in [3.8, 4) is 0 Å². The summed E-state index contributed by atoms with van der Waals surface area (Å²) in [6.07, 6.45) is 3.17. The van der Waals surface area contributed by atoms with E-state index in [-0.39, 0.29) is 17.0 Å². The smallest absolute Gasteiger partial charge is 0.222 e. The molecule has 1 saturated heterocycles. The van der Waals surface area contributed by atoms with E-state index in [1.54, 1.807) is 11.8 Å². The van der Waals surface area contributed by atoms with E-state index < -0.39 is 5.82 Å². The molecule has 0 bridgehead atoms. The number of carbonyl (C=O) groups excluding carboxylic acids is 1. The van der Waals surface area contributed by atoms with Gasteiger partial charge in [0.15, 0.2) is 0 Å². The van der Waals surface area contributed by atoms with E-state index in [4.69, 9.17) is 0 Å². The fraction of sp³-hybridized carbons (Fsp3) is 0.562. The molecule has 116 valence electrons. The molecule has 21 heavy (non-hydrogen) atoms. The molecular weight excluding hydrogens is 292 g/mol. The molecule has 1 aliphatic heterocycles. The fourth-order valence-electron chi connectivity index (χ4n) is 2.52. The summed E-state index contributed by atoms with van der Waals surface area (Å²) in [5.41, 5.74) is 0.419. The van der Waals surface area contributed by atoms with Gasteiger partial charge in [-0.25, -0.2) is 8.78 Å². The van der Waals surface area contributed by atoms with Crippen molar-refractivity contribution in [2.24, 2.45) is 0 Å². The van der Waals surface area contributed by atoms with Gasteiger partial charge in [-0.2, -0.15) is 11.8 Å². The molecule has 0 aliphatic carbocycles. The number of hydrogen-bond donors (Lipinski definition) is 0. The van der Waals surface area contributed by atoms with Gasteiger partial charge in [0, 0.05) is 36.1 Å². The highest BCUT2D eigenvalue weighted by Crippen LogP contribution is 2.36. The Hall–Kier alpha value is -1.10. The van der Waals surface area contributed by atoms with Crippen molar-refractivity contribution in [3.63, 3.8) is 0 Å². The topological polar surface area (TPSA) is 20.3 Å². The average Bonchev–Trinajstić information content (AvgIpc) is 2.73. The minimum absolute atomic E-state index is 0.0790. The van der Waals surface area contributed by atoms with Gasteiger partial charge >= 0.3 is 0 Å². The molecule has 1 unspecified atom stereocenters. The monoisotopic (exact) mass is 313 g/mol. The quantitative estimate of drug-likeness (QED) is 0.832. The second-order valence-electron chi connectivity index (χ2n) is 5.30.